The second-order valence-electron chi connectivity index (χ2n) is 6.65. The van der Waals surface area contributed by atoms with E-state index in [1.807, 2.05) is 68.6 Å². The van der Waals surface area contributed by atoms with Gasteiger partial charge in [0.2, 0.25) is 11.7 Å². The highest BCUT2D eigenvalue weighted by Crippen LogP contribution is 2.29. The van der Waals surface area contributed by atoms with Gasteiger partial charge in [-0.15, -0.1) is 0 Å². The maximum Gasteiger partial charge on any atom is 0.237 e. The number of rotatable bonds is 4. The zero-order valence-corrected chi connectivity index (χ0v) is 15.3. The first-order valence-corrected chi connectivity index (χ1v) is 8.84. The van der Waals surface area contributed by atoms with Gasteiger partial charge in [-0.25, -0.2) is 4.98 Å². The van der Waals surface area contributed by atoms with Crippen molar-refractivity contribution in [3.63, 3.8) is 0 Å². The number of amides is 1. The summed E-state index contributed by atoms with van der Waals surface area (Å²) in [6.45, 7) is 4.06. The van der Waals surface area contributed by atoms with E-state index in [9.17, 15) is 4.79 Å². The van der Waals surface area contributed by atoms with Crippen LogP contribution in [0.1, 0.15) is 28.2 Å². The number of hydrogen-bond donors (Lipinski definition) is 1. The van der Waals surface area contributed by atoms with Gasteiger partial charge in [0.15, 0.2) is 5.82 Å². The minimum Gasteiger partial charge on any atom is -0.309 e. The summed E-state index contributed by atoms with van der Waals surface area (Å²) in [5.41, 5.74) is 4.15. The van der Waals surface area contributed by atoms with Gasteiger partial charge in [0.1, 0.15) is 0 Å². The minimum atomic E-state index is -0.413. The van der Waals surface area contributed by atoms with Crippen LogP contribution >= 0.6 is 0 Å². The third-order valence-electron chi connectivity index (χ3n) is 4.62. The van der Waals surface area contributed by atoms with E-state index in [1.165, 1.54) is 0 Å². The van der Waals surface area contributed by atoms with E-state index in [0.29, 0.717) is 11.6 Å². The van der Waals surface area contributed by atoms with Crippen LogP contribution in [0.15, 0.2) is 73.2 Å². The molecule has 27 heavy (non-hydrogen) atoms. The molecule has 0 fully saturated rings. The van der Waals surface area contributed by atoms with E-state index in [1.54, 1.807) is 16.8 Å². The number of aryl methyl sites for hydroxylation is 2. The van der Waals surface area contributed by atoms with E-state index in [0.717, 1.165) is 22.3 Å². The number of nitrogens with zero attached hydrogens (tertiary/aromatic N) is 3. The van der Waals surface area contributed by atoms with Crippen LogP contribution in [-0.4, -0.2) is 20.3 Å². The summed E-state index contributed by atoms with van der Waals surface area (Å²) in [5, 5.41) is 2.96. The average molecular weight is 356 g/mol. The summed E-state index contributed by atoms with van der Waals surface area (Å²) in [7, 11) is 0. The largest absolute Gasteiger partial charge is 0.309 e. The SMILES string of the molecule is Cc1cccc(C(C(=O)Nc2cn3cccnc3n2)c2ccccc2C)c1. The first-order valence-electron chi connectivity index (χ1n) is 8.84. The summed E-state index contributed by atoms with van der Waals surface area (Å²) in [6.07, 6.45) is 5.30. The predicted octanol–water partition coefficient (Wildman–Crippen LogP) is 4.12. The molecule has 1 unspecified atom stereocenters. The van der Waals surface area contributed by atoms with Crippen LogP contribution in [-0.2, 0) is 4.79 Å². The van der Waals surface area contributed by atoms with Crippen molar-refractivity contribution in [3.8, 4) is 0 Å². The lowest BCUT2D eigenvalue weighted by Crippen LogP contribution is -2.23. The topological polar surface area (TPSA) is 59.3 Å². The lowest BCUT2D eigenvalue weighted by Gasteiger charge is -2.19. The third-order valence-corrected chi connectivity index (χ3v) is 4.62. The molecule has 0 radical (unpaired) electrons. The predicted molar refractivity (Wildman–Crippen MR) is 106 cm³/mol. The summed E-state index contributed by atoms with van der Waals surface area (Å²) < 4.78 is 1.78. The van der Waals surface area contributed by atoms with Crippen LogP contribution in [0.4, 0.5) is 5.82 Å². The van der Waals surface area contributed by atoms with Crippen molar-refractivity contribution in [3.05, 3.63) is 95.4 Å². The van der Waals surface area contributed by atoms with Crippen LogP contribution in [0.5, 0.6) is 0 Å². The Hall–Kier alpha value is -3.47. The molecular weight excluding hydrogens is 336 g/mol. The molecule has 134 valence electrons. The number of carbonyl (C=O) groups is 1. The number of hydrogen-bond acceptors (Lipinski definition) is 3. The standard InChI is InChI=1S/C22H20N4O/c1-15-7-5-9-17(13-15)20(18-10-4-3-8-16(18)2)21(27)24-19-14-26-12-6-11-23-22(26)25-19/h3-14,20H,1-2H3,(H,24,27). The fraction of sp³-hybridized carbons (Fsp3) is 0.136. The molecule has 0 aliphatic rings. The molecule has 0 aliphatic carbocycles. The molecular formula is C22H20N4O. The number of anilines is 1. The smallest absolute Gasteiger partial charge is 0.237 e. The number of nitrogens with one attached hydrogen (secondary N) is 1. The van der Waals surface area contributed by atoms with Crippen molar-refractivity contribution in [1.29, 1.82) is 0 Å². The molecule has 1 amide bonds. The molecule has 1 N–H and O–H groups in total. The highest BCUT2D eigenvalue weighted by atomic mass is 16.2. The Morgan fingerprint density at radius 2 is 1.93 bits per heavy atom. The Morgan fingerprint density at radius 1 is 1.07 bits per heavy atom. The lowest BCUT2D eigenvalue weighted by molar-refractivity contribution is -0.116. The van der Waals surface area contributed by atoms with Crippen LogP contribution in [0.25, 0.3) is 5.78 Å². The van der Waals surface area contributed by atoms with Gasteiger partial charge in [0.05, 0.1) is 12.1 Å². The lowest BCUT2D eigenvalue weighted by atomic mass is 9.87. The molecule has 5 nitrogen and oxygen atoms in total. The molecule has 1 atom stereocenters. The highest BCUT2D eigenvalue weighted by Gasteiger charge is 2.25. The fourth-order valence-electron chi connectivity index (χ4n) is 3.32. The summed E-state index contributed by atoms with van der Waals surface area (Å²) >= 11 is 0. The van der Waals surface area contributed by atoms with Gasteiger partial charge in [0, 0.05) is 12.4 Å². The first kappa shape index (κ1) is 17.0. The number of fused-ring (bicyclic) bond motifs is 1. The van der Waals surface area contributed by atoms with Crippen LogP contribution in [0, 0.1) is 13.8 Å². The Balaban J connectivity index is 1.73. The van der Waals surface area contributed by atoms with Gasteiger partial charge in [0.25, 0.3) is 0 Å². The molecule has 0 spiro atoms. The van der Waals surface area contributed by atoms with Crippen molar-refractivity contribution < 1.29 is 4.79 Å². The number of carbonyl (C=O) groups excluding carboxylic acids is 1. The first-order chi connectivity index (χ1) is 13.1. The van der Waals surface area contributed by atoms with Crippen LogP contribution in [0.2, 0.25) is 0 Å². The highest BCUT2D eigenvalue weighted by molar-refractivity contribution is 5.98. The Labute approximate surface area is 157 Å². The molecule has 2 aromatic carbocycles. The van der Waals surface area contributed by atoms with Gasteiger partial charge in [-0.1, -0.05) is 54.1 Å². The van der Waals surface area contributed by atoms with Crippen molar-refractivity contribution in [2.24, 2.45) is 0 Å². The molecule has 4 aromatic rings. The Kier molecular flexibility index (Phi) is 4.42. The number of imidazole rings is 1. The molecule has 0 aliphatic heterocycles. The van der Waals surface area contributed by atoms with Crippen LogP contribution in [0.3, 0.4) is 0 Å². The fourth-order valence-corrected chi connectivity index (χ4v) is 3.32. The quantitative estimate of drug-likeness (QED) is 0.598. The second-order valence-corrected chi connectivity index (χ2v) is 6.65. The normalized spacial score (nSPS) is 12.1. The maximum absolute atomic E-state index is 13.3. The zero-order valence-electron chi connectivity index (χ0n) is 15.3. The molecule has 0 saturated heterocycles. The molecule has 2 heterocycles. The van der Waals surface area contributed by atoms with Crippen LogP contribution < -0.4 is 5.32 Å². The van der Waals surface area contributed by atoms with Gasteiger partial charge < -0.3 is 5.32 Å². The number of aromatic nitrogens is 3. The molecule has 4 rings (SSSR count). The van der Waals surface area contributed by atoms with E-state index >= 15 is 0 Å². The molecule has 0 saturated carbocycles. The van der Waals surface area contributed by atoms with Gasteiger partial charge in [-0.3, -0.25) is 9.20 Å². The summed E-state index contributed by atoms with van der Waals surface area (Å²) in [6, 6.07) is 17.9. The average Bonchev–Trinajstić information content (AvgIpc) is 3.06. The third kappa shape index (κ3) is 3.44. The van der Waals surface area contributed by atoms with E-state index in [2.05, 4.69) is 21.4 Å². The van der Waals surface area contributed by atoms with Crippen molar-refractivity contribution in [1.82, 2.24) is 14.4 Å². The molecule has 0 bridgehead atoms. The van der Waals surface area contributed by atoms with Crippen molar-refractivity contribution >= 4 is 17.5 Å². The Morgan fingerprint density at radius 3 is 2.70 bits per heavy atom. The summed E-state index contributed by atoms with van der Waals surface area (Å²) in [4.78, 5) is 21.9. The Bertz CT molecular complexity index is 1080. The van der Waals surface area contributed by atoms with Crippen molar-refractivity contribution in [2.75, 3.05) is 5.32 Å². The van der Waals surface area contributed by atoms with Crippen molar-refractivity contribution in [2.45, 2.75) is 19.8 Å². The number of benzene rings is 2. The second kappa shape index (κ2) is 7.03. The van der Waals surface area contributed by atoms with E-state index in [-0.39, 0.29) is 5.91 Å². The van der Waals surface area contributed by atoms with E-state index in [4.69, 9.17) is 0 Å². The monoisotopic (exact) mass is 356 g/mol. The van der Waals surface area contributed by atoms with E-state index < -0.39 is 5.92 Å². The molecule has 2 aromatic heterocycles. The van der Waals surface area contributed by atoms with Gasteiger partial charge in [-0.05, 0) is 36.6 Å². The zero-order chi connectivity index (χ0) is 18.8. The van der Waals surface area contributed by atoms with Gasteiger partial charge >= 0.3 is 0 Å². The van der Waals surface area contributed by atoms with Gasteiger partial charge in [-0.2, -0.15) is 4.98 Å². The minimum absolute atomic E-state index is 0.113. The maximum atomic E-state index is 13.3. The molecule has 5 heteroatoms. The summed E-state index contributed by atoms with van der Waals surface area (Å²) in [5.74, 6) is 0.517.